The van der Waals surface area contributed by atoms with Crippen molar-refractivity contribution in [3.63, 3.8) is 0 Å². The van der Waals surface area contributed by atoms with Crippen LogP contribution in [0.5, 0.6) is 0 Å². The van der Waals surface area contributed by atoms with Crippen molar-refractivity contribution in [2.75, 3.05) is 0 Å². The van der Waals surface area contributed by atoms with Crippen LogP contribution in [0.2, 0.25) is 0 Å². The molecule has 2 heterocycles. The molecule has 0 radical (unpaired) electrons. The van der Waals surface area contributed by atoms with Gasteiger partial charge in [0.25, 0.3) is 0 Å². The van der Waals surface area contributed by atoms with Crippen LogP contribution in [-0.4, -0.2) is 10.9 Å². The predicted molar refractivity (Wildman–Crippen MR) is 83.0 cm³/mol. The first kappa shape index (κ1) is 13.0. The molecule has 0 aliphatic carbocycles. The van der Waals surface area contributed by atoms with Crippen molar-refractivity contribution < 1.29 is 8.91 Å². The van der Waals surface area contributed by atoms with Gasteiger partial charge in [0.15, 0.2) is 0 Å². The van der Waals surface area contributed by atoms with Crippen molar-refractivity contribution in [2.24, 2.45) is 4.99 Å². The van der Waals surface area contributed by atoms with E-state index >= 15 is 0 Å². The van der Waals surface area contributed by atoms with Crippen molar-refractivity contribution >= 4 is 11.4 Å². The van der Waals surface area contributed by atoms with Gasteiger partial charge in [-0.2, -0.15) is 0 Å². The number of rotatable bonds is 2. The Kier molecular flexibility index (Phi) is 2.89. The normalized spacial score (nSPS) is 13.1. The Labute approximate surface area is 127 Å². The molecule has 0 spiro atoms. The lowest BCUT2D eigenvalue weighted by molar-refractivity contribution is 0.399. The number of aromatic nitrogens is 1. The average Bonchev–Trinajstić information content (AvgIpc) is 3.10. The van der Waals surface area contributed by atoms with Gasteiger partial charge in [-0.3, -0.25) is 4.99 Å². The molecular formula is C18H13FN2O. The smallest absolute Gasteiger partial charge is 0.143 e. The highest BCUT2D eigenvalue weighted by Gasteiger charge is 2.24. The van der Waals surface area contributed by atoms with Crippen molar-refractivity contribution in [1.82, 2.24) is 5.16 Å². The molecule has 1 aromatic heterocycles. The molecule has 0 atom stereocenters. The van der Waals surface area contributed by atoms with Gasteiger partial charge >= 0.3 is 0 Å². The second-order valence-corrected chi connectivity index (χ2v) is 5.34. The number of aliphatic imine (C=N–C) groups is 1. The monoisotopic (exact) mass is 292 g/mol. The molecule has 3 nitrogen and oxygen atoms in total. The molecule has 4 rings (SSSR count). The summed E-state index contributed by atoms with van der Waals surface area (Å²) in [4.78, 5) is 4.63. The summed E-state index contributed by atoms with van der Waals surface area (Å²) in [6, 6.07) is 14.5. The van der Waals surface area contributed by atoms with Gasteiger partial charge in [0.05, 0.1) is 17.0 Å². The van der Waals surface area contributed by atoms with Crippen LogP contribution in [0.4, 0.5) is 10.1 Å². The molecule has 1 aliphatic rings. The van der Waals surface area contributed by atoms with Crippen LogP contribution in [0.3, 0.4) is 0 Å². The summed E-state index contributed by atoms with van der Waals surface area (Å²) in [5.41, 5.74) is 5.26. The van der Waals surface area contributed by atoms with Crippen LogP contribution >= 0.6 is 0 Å². The topological polar surface area (TPSA) is 38.4 Å². The third-order valence-corrected chi connectivity index (χ3v) is 3.85. The summed E-state index contributed by atoms with van der Waals surface area (Å²) in [6.45, 7) is 1.88. The molecule has 4 heteroatoms. The fourth-order valence-electron chi connectivity index (χ4n) is 2.82. The van der Waals surface area contributed by atoms with Gasteiger partial charge in [0.1, 0.15) is 17.3 Å². The third kappa shape index (κ3) is 2.04. The van der Waals surface area contributed by atoms with E-state index < -0.39 is 0 Å². The second kappa shape index (κ2) is 4.91. The molecule has 0 bridgehead atoms. The molecule has 0 amide bonds. The van der Waals surface area contributed by atoms with E-state index in [0.29, 0.717) is 6.42 Å². The van der Waals surface area contributed by atoms with E-state index in [9.17, 15) is 4.39 Å². The molecule has 2 aromatic carbocycles. The van der Waals surface area contributed by atoms with Crippen LogP contribution in [0.25, 0.3) is 11.3 Å². The molecule has 0 fully saturated rings. The van der Waals surface area contributed by atoms with E-state index in [1.807, 2.05) is 37.3 Å². The van der Waals surface area contributed by atoms with Crippen LogP contribution in [0.1, 0.15) is 16.9 Å². The minimum Gasteiger partial charge on any atom is -0.360 e. The van der Waals surface area contributed by atoms with Crippen molar-refractivity contribution in [2.45, 2.75) is 13.3 Å². The van der Waals surface area contributed by atoms with E-state index in [1.165, 1.54) is 12.1 Å². The third-order valence-electron chi connectivity index (χ3n) is 3.85. The standard InChI is InChI=1S/C18H13FN2O/c1-11-17(18(21-22-11)12-5-3-2-4-6-12)16-10-13-9-14(19)7-8-15(13)20-16/h2-9H,10H2,1H3. The molecule has 3 aromatic rings. The van der Waals surface area contributed by atoms with Gasteiger partial charge in [-0.15, -0.1) is 0 Å². The molecule has 22 heavy (non-hydrogen) atoms. The number of nitrogens with zero attached hydrogens (tertiary/aromatic N) is 2. The Hall–Kier alpha value is -2.75. The first-order valence-corrected chi connectivity index (χ1v) is 7.10. The first-order chi connectivity index (χ1) is 10.7. The Morgan fingerprint density at radius 2 is 1.91 bits per heavy atom. The fraction of sp³-hybridized carbons (Fsp3) is 0.111. The molecule has 0 saturated heterocycles. The maximum Gasteiger partial charge on any atom is 0.143 e. The highest BCUT2D eigenvalue weighted by molar-refractivity contribution is 6.10. The van der Waals surface area contributed by atoms with Crippen LogP contribution < -0.4 is 0 Å². The lowest BCUT2D eigenvalue weighted by Crippen LogP contribution is -2.03. The lowest BCUT2D eigenvalue weighted by atomic mass is 9.99. The second-order valence-electron chi connectivity index (χ2n) is 5.34. The Morgan fingerprint density at radius 1 is 1.09 bits per heavy atom. The maximum absolute atomic E-state index is 13.4. The molecule has 1 aliphatic heterocycles. The predicted octanol–water partition coefficient (Wildman–Crippen LogP) is 4.47. The molecule has 0 N–H and O–H groups in total. The SMILES string of the molecule is Cc1onc(-c2ccccc2)c1C1=Nc2ccc(F)cc2C1. The quantitative estimate of drug-likeness (QED) is 0.699. The maximum atomic E-state index is 13.4. The first-order valence-electron chi connectivity index (χ1n) is 7.10. The number of aryl methyl sites for hydroxylation is 1. The van der Waals surface area contributed by atoms with E-state index in [1.54, 1.807) is 6.07 Å². The zero-order chi connectivity index (χ0) is 15.1. The van der Waals surface area contributed by atoms with E-state index in [0.717, 1.165) is 39.5 Å². The number of hydrogen-bond acceptors (Lipinski definition) is 3. The van der Waals surface area contributed by atoms with E-state index in [4.69, 9.17) is 4.52 Å². The van der Waals surface area contributed by atoms with Crippen molar-refractivity contribution in [1.29, 1.82) is 0 Å². The van der Waals surface area contributed by atoms with Crippen LogP contribution in [0, 0.1) is 12.7 Å². The molecule has 0 unspecified atom stereocenters. The summed E-state index contributed by atoms with van der Waals surface area (Å²) in [7, 11) is 0. The average molecular weight is 292 g/mol. The minimum absolute atomic E-state index is 0.236. The minimum atomic E-state index is -0.236. The number of halogens is 1. The summed E-state index contributed by atoms with van der Waals surface area (Å²) >= 11 is 0. The van der Waals surface area contributed by atoms with Crippen LogP contribution in [0.15, 0.2) is 58.0 Å². The van der Waals surface area contributed by atoms with Gasteiger partial charge in [0.2, 0.25) is 0 Å². The number of fused-ring (bicyclic) bond motifs is 1. The zero-order valence-electron chi connectivity index (χ0n) is 12.0. The van der Waals surface area contributed by atoms with Gasteiger partial charge in [-0.05, 0) is 30.7 Å². The summed E-state index contributed by atoms with van der Waals surface area (Å²) < 4.78 is 18.8. The van der Waals surface area contributed by atoms with Crippen molar-refractivity contribution in [3.05, 3.63) is 71.2 Å². The van der Waals surface area contributed by atoms with Crippen molar-refractivity contribution in [3.8, 4) is 11.3 Å². The van der Waals surface area contributed by atoms with Crippen LogP contribution in [-0.2, 0) is 6.42 Å². The summed E-state index contributed by atoms with van der Waals surface area (Å²) in [6.07, 6.45) is 0.592. The molecule has 108 valence electrons. The Bertz CT molecular complexity index is 881. The largest absolute Gasteiger partial charge is 0.360 e. The van der Waals surface area contributed by atoms with Gasteiger partial charge < -0.3 is 4.52 Å². The van der Waals surface area contributed by atoms with E-state index in [2.05, 4.69) is 10.1 Å². The Balaban J connectivity index is 1.81. The highest BCUT2D eigenvalue weighted by Crippen LogP contribution is 2.34. The number of hydrogen-bond donors (Lipinski definition) is 0. The van der Waals surface area contributed by atoms with Gasteiger partial charge in [-0.25, -0.2) is 4.39 Å². The van der Waals surface area contributed by atoms with E-state index in [-0.39, 0.29) is 5.82 Å². The molecule has 0 saturated carbocycles. The summed E-state index contributed by atoms with van der Waals surface area (Å²) in [5, 5.41) is 4.18. The molecular weight excluding hydrogens is 279 g/mol. The lowest BCUT2D eigenvalue weighted by Gasteiger charge is -2.02. The van der Waals surface area contributed by atoms with Gasteiger partial charge in [-0.1, -0.05) is 35.5 Å². The highest BCUT2D eigenvalue weighted by atomic mass is 19.1. The Morgan fingerprint density at radius 3 is 2.73 bits per heavy atom. The fourth-order valence-corrected chi connectivity index (χ4v) is 2.82. The zero-order valence-corrected chi connectivity index (χ0v) is 12.0. The van der Waals surface area contributed by atoms with Gasteiger partial charge in [0, 0.05) is 12.0 Å². The number of benzene rings is 2. The summed E-state index contributed by atoms with van der Waals surface area (Å²) in [5.74, 6) is 0.492.